The minimum Gasteiger partial charge on any atom is -0.480 e. The molecule has 0 unspecified atom stereocenters. The monoisotopic (exact) mass is 312 g/mol. The number of aryl methyl sites for hydroxylation is 1. The largest absolute Gasteiger partial charge is 0.480 e. The van der Waals surface area contributed by atoms with Crippen LogP contribution >= 0.6 is 0 Å². The van der Waals surface area contributed by atoms with Crippen LogP contribution in [0.2, 0.25) is 0 Å². The van der Waals surface area contributed by atoms with E-state index in [1.54, 1.807) is 0 Å². The van der Waals surface area contributed by atoms with E-state index >= 15 is 0 Å². The van der Waals surface area contributed by atoms with Gasteiger partial charge in [-0.1, -0.05) is 12.0 Å². The third kappa shape index (κ3) is 3.77. The number of nitro benzene ring substituents is 1. The predicted octanol–water partition coefficient (Wildman–Crippen LogP) is 0.612. The second-order valence-electron chi connectivity index (χ2n) is 4.08. The molecule has 0 aliphatic heterocycles. The van der Waals surface area contributed by atoms with Crippen molar-refractivity contribution in [3.63, 3.8) is 0 Å². The summed E-state index contributed by atoms with van der Waals surface area (Å²) in [4.78, 5) is 20.5. The van der Waals surface area contributed by atoms with Gasteiger partial charge in [0.25, 0.3) is 5.69 Å². The highest BCUT2D eigenvalue weighted by Gasteiger charge is 2.28. The summed E-state index contributed by atoms with van der Waals surface area (Å²) in [5.74, 6) is 0.668. The van der Waals surface area contributed by atoms with Crippen LogP contribution < -0.4 is 0 Å². The number of nitro groups is 1. The van der Waals surface area contributed by atoms with Crippen molar-refractivity contribution in [1.29, 1.82) is 0 Å². The van der Waals surface area contributed by atoms with E-state index in [2.05, 4.69) is 0 Å². The van der Waals surface area contributed by atoms with E-state index in [0.717, 1.165) is 6.07 Å². The smallest absolute Gasteiger partial charge is 0.318 e. The lowest BCUT2D eigenvalue weighted by atomic mass is 10.2. The van der Waals surface area contributed by atoms with Crippen LogP contribution in [0.5, 0.6) is 0 Å². The molecular weight excluding hydrogens is 300 g/mol. The standard InChI is InChI=1S/C12H12N2O6S/c1-3-6-13(8-12(15)16)21(19,20)10-5-4-9(2)11(7-10)14(17)18/h1,4-5,7H,6,8H2,2H3,(H,15,16). The first kappa shape index (κ1) is 16.6. The molecule has 0 fully saturated rings. The maximum absolute atomic E-state index is 12.3. The summed E-state index contributed by atoms with van der Waals surface area (Å²) in [7, 11) is -4.23. The van der Waals surface area contributed by atoms with Gasteiger partial charge < -0.3 is 5.11 Å². The highest BCUT2D eigenvalue weighted by molar-refractivity contribution is 7.89. The summed E-state index contributed by atoms with van der Waals surface area (Å²) >= 11 is 0. The second kappa shape index (κ2) is 6.34. The minimum absolute atomic E-state index is 0.292. The molecule has 1 N–H and O–H groups in total. The second-order valence-corrected chi connectivity index (χ2v) is 6.01. The first-order chi connectivity index (χ1) is 9.70. The highest BCUT2D eigenvalue weighted by Crippen LogP contribution is 2.24. The van der Waals surface area contributed by atoms with Crippen molar-refractivity contribution in [2.45, 2.75) is 11.8 Å². The number of benzene rings is 1. The van der Waals surface area contributed by atoms with Crippen molar-refractivity contribution in [2.24, 2.45) is 0 Å². The molecule has 1 rings (SSSR count). The molecule has 0 aliphatic rings. The molecule has 0 saturated heterocycles. The number of aliphatic carboxylic acids is 1. The van der Waals surface area contributed by atoms with Crippen LogP contribution in [0.25, 0.3) is 0 Å². The Kier molecular flexibility index (Phi) is 5.02. The van der Waals surface area contributed by atoms with Crippen molar-refractivity contribution in [2.75, 3.05) is 13.1 Å². The number of carboxylic acids is 1. The van der Waals surface area contributed by atoms with Crippen molar-refractivity contribution in [3.8, 4) is 12.3 Å². The molecule has 0 spiro atoms. The molecule has 0 saturated carbocycles. The van der Waals surface area contributed by atoms with Gasteiger partial charge in [-0.15, -0.1) is 6.42 Å². The van der Waals surface area contributed by atoms with Gasteiger partial charge in [-0.25, -0.2) is 8.42 Å². The van der Waals surface area contributed by atoms with Gasteiger partial charge in [0.05, 0.1) is 16.4 Å². The Morgan fingerprint density at radius 3 is 2.62 bits per heavy atom. The van der Waals surface area contributed by atoms with E-state index in [-0.39, 0.29) is 10.6 Å². The third-order valence-corrected chi connectivity index (χ3v) is 4.38. The molecule has 21 heavy (non-hydrogen) atoms. The predicted molar refractivity (Wildman–Crippen MR) is 73.1 cm³/mol. The molecule has 0 atom stereocenters. The van der Waals surface area contributed by atoms with Crippen LogP contribution in [-0.4, -0.2) is 41.8 Å². The lowest BCUT2D eigenvalue weighted by Gasteiger charge is -2.17. The maximum atomic E-state index is 12.3. The molecule has 0 bridgehead atoms. The van der Waals surface area contributed by atoms with E-state index in [4.69, 9.17) is 11.5 Å². The van der Waals surface area contributed by atoms with Crippen LogP contribution in [0.3, 0.4) is 0 Å². The van der Waals surface area contributed by atoms with Gasteiger partial charge in [0.2, 0.25) is 10.0 Å². The topological polar surface area (TPSA) is 118 Å². The van der Waals surface area contributed by atoms with Crippen LogP contribution in [0, 0.1) is 29.4 Å². The summed E-state index contributed by atoms with van der Waals surface area (Å²) in [6, 6.07) is 3.33. The summed E-state index contributed by atoms with van der Waals surface area (Å²) < 4.78 is 25.1. The number of hydrogen-bond donors (Lipinski definition) is 1. The molecule has 112 valence electrons. The zero-order chi connectivity index (χ0) is 16.2. The van der Waals surface area contributed by atoms with Crippen molar-refractivity contribution < 1.29 is 23.2 Å². The number of sulfonamides is 1. The van der Waals surface area contributed by atoms with Crippen molar-refractivity contribution >= 4 is 21.7 Å². The fraction of sp³-hybridized carbons (Fsp3) is 0.250. The summed E-state index contributed by atoms with van der Waals surface area (Å²) in [6.45, 7) is 0.190. The molecule has 8 nitrogen and oxygen atoms in total. The SMILES string of the molecule is C#CCN(CC(=O)O)S(=O)(=O)c1ccc(C)c([N+](=O)[O-])c1. The van der Waals surface area contributed by atoms with Gasteiger partial charge in [-0.05, 0) is 13.0 Å². The lowest BCUT2D eigenvalue weighted by molar-refractivity contribution is -0.385. The number of terminal acetylenes is 1. The molecule has 0 aromatic heterocycles. The highest BCUT2D eigenvalue weighted by atomic mass is 32.2. The Morgan fingerprint density at radius 2 is 2.14 bits per heavy atom. The number of carboxylic acid groups (broad SMARTS) is 1. The fourth-order valence-electron chi connectivity index (χ4n) is 1.57. The van der Waals surface area contributed by atoms with Crippen LogP contribution in [0.4, 0.5) is 5.69 Å². The van der Waals surface area contributed by atoms with Gasteiger partial charge >= 0.3 is 5.97 Å². The molecule has 1 aromatic rings. The summed E-state index contributed by atoms with van der Waals surface area (Å²) in [5, 5.41) is 19.6. The molecular formula is C12H12N2O6S. The van der Waals surface area contributed by atoms with Gasteiger partial charge in [0.1, 0.15) is 6.54 Å². The van der Waals surface area contributed by atoms with Crippen LogP contribution in [-0.2, 0) is 14.8 Å². The quantitative estimate of drug-likeness (QED) is 0.467. The molecule has 1 aromatic carbocycles. The average Bonchev–Trinajstić information content (AvgIpc) is 2.37. The Hall–Kier alpha value is -2.44. The number of rotatable bonds is 6. The van der Waals surface area contributed by atoms with Gasteiger partial charge in [0.15, 0.2) is 0 Å². The molecule has 0 aliphatic carbocycles. The summed E-state index contributed by atoms with van der Waals surface area (Å²) in [6.07, 6.45) is 5.02. The van der Waals surface area contributed by atoms with E-state index in [1.165, 1.54) is 19.1 Å². The van der Waals surface area contributed by atoms with Gasteiger partial charge in [-0.2, -0.15) is 4.31 Å². The maximum Gasteiger partial charge on any atom is 0.318 e. The van der Waals surface area contributed by atoms with E-state index in [1.807, 2.05) is 5.92 Å². The van der Waals surface area contributed by atoms with Crippen LogP contribution in [0.15, 0.2) is 23.1 Å². The Balaban J connectivity index is 3.35. The zero-order valence-electron chi connectivity index (χ0n) is 11.0. The van der Waals surface area contributed by atoms with Crippen molar-refractivity contribution in [3.05, 3.63) is 33.9 Å². The first-order valence-corrected chi connectivity index (χ1v) is 7.04. The van der Waals surface area contributed by atoms with Gasteiger partial charge in [0, 0.05) is 11.6 Å². The number of carbonyl (C=O) groups is 1. The van der Waals surface area contributed by atoms with Crippen molar-refractivity contribution in [1.82, 2.24) is 4.31 Å². The van der Waals surface area contributed by atoms with Crippen LogP contribution in [0.1, 0.15) is 5.56 Å². The van der Waals surface area contributed by atoms with E-state index in [9.17, 15) is 23.3 Å². The Bertz CT molecular complexity index is 720. The molecule has 9 heteroatoms. The summed E-state index contributed by atoms with van der Waals surface area (Å²) in [5.41, 5.74) is -0.0762. The molecule has 0 radical (unpaired) electrons. The Labute approximate surface area is 121 Å². The molecule has 0 heterocycles. The van der Waals surface area contributed by atoms with Gasteiger partial charge in [-0.3, -0.25) is 14.9 Å². The van der Waals surface area contributed by atoms with E-state index in [0.29, 0.717) is 9.87 Å². The lowest BCUT2D eigenvalue weighted by Crippen LogP contribution is -2.36. The zero-order valence-corrected chi connectivity index (χ0v) is 11.8. The third-order valence-electron chi connectivity index (χ3n) is 2.59. The number of nitrogens with zero attached hydrogens (tertiary/aromatic N) is 2. The normalized spacial score (nSPS) is 11.1. The fourth-order valence-corrected chi connectivity index (χ4v) is 2.90. The number of hydrogen-bond acceptors (Lipinski definition) is 5. The first-order valence-electron chi connectivity index (χ1n) is 5.60. The molecule has 0 amide bonds. The average molecular weight is 312 g/mol. The Morgan fingerprint density at radius 1 is 1.52 bits per heavy atom. The van der Waals surface area contributed by atoms with E-state index < -0.39 is 34.0 Å². The minimum atomic E-state index is -4.23.